The number of unbranched alkanes of at least 4 members (excludes halogenated alkanes) is 6. The maximum absolute atomic E-state index is 4.90. The lowest BCUT2D eigenvalue weighted by Crippen LogP contribution is -2.14. The van der Waals surface area contributed by atoms with Crippen molar-refractivity contribution in [2.75, 3.05) is 0 Å². The highest BCUT2D eigenvalue weighted by Gasteiger charge is 2.17. The summed E-state index contributed by atoms with van der Waals surface area (Å²) in [6.07, 6.45) is 10.5. The van der Waals surface area contributed by atoms with Gasteiger partial charge in [0.2, 0.25) is 0 Å². The van der Waals surface area contributed by atoms with Crippen LogP contribution in [0.15, 0.2) is 24.3 Å². The molecule has 0 fully saturated rings. The Kier molecular flexibility index (Phi) is 6.68. The van der Waals surface area contributed by atoms with Crippen LogP contribution in [0.25, 0.3) is 11.0 Å². The molecule has 128 valence electrons. The topological polar surface area (TPSA) is 17.8 Å². The number of para-hydroxylation sites is 2. The van der Waals surface area contributed by atoms with Gasteiger partial charge in [-0.15, -0.1) is 0 Å². The molecule has 0 aliphatic heterocycles. The molecule has 2 nitrogen and oxygen atoms in total. The molecule has 0 aliphatic rings. The minimum Gasteiger partial charge on any atom is -0.328 e. The van der Waals surface area contributed by atoms with Crippen molar-refractivity contribution in [3.63, 3.8) is 0 Å². The Morgan fingerprint density at radius 2 is 1.57 bits per heavy atom. The van der Waals surface area contributed by atoms with Crippen molar-refractivity contribution in [2.24, 2.45) is 5.41 Å². The molecule has 0 bridgehead atoms. The Morgan fingerprint density at radius 3 is 2.26 bits per heavy atom. The summed E-state index contributed by atoms with van der Waals surface area (Å²) in [7, 11) is 0. The smallest absolute Gasteiger partial charge is 0.110 e. The van der Waals surface area contributed by atoms with E-state index in [1.165, 1.54) is 56.3 Å². The third-order valence-corrected chi connectivity index (χ3v) is 4.41. The molecule has 0 N–H and O–H groups in total. The van der Waals surface area contributed by atoms with Crippen LogP contribution in [0.1, 0.15) is 78.5 Å². The predicted octanol–water partition coefficient (Wildman–Crippen LogP) is 6.38. The molecule has 0 saturated heterocycles. The highest BCUT2D eigenvalue weighted by Crippen LogP contribution is 2.24. The van der Waals surface area contributed by atoms with E-state index in [0.29, 0.717) is 0 Å². The van der Waals surface area contributed by atoms with Gasteiger partial charge >= 0.3 is 0 Å². The number of fused-ring (bicyclic) bond motifs is 1. The van der Waals surface area contributed by atoms with Gasteiger partial charge in [0.05, 0.1) is 11.0 Å². The number of imidazole rings is 1. The molecule has 2 aromatic rings. The number of rotatable bonds is 9. The van der Waals surface area contributed by atoms with E-state index < -0.39 is 0 Å². The fourth-order valence-corrected chi connectivity index (χ4v) is 3.21. The molecule has 0 aliphatic carbocycles. The lowest BCUT2D eigenvalue weighted by molar-refractivity contribution is 0.391. The molecule has 0 saturated carbocycles. The van der Waals surface area contributed by atoms with E-state index in [-0.39, 0.29) is 5.41 Å². The van der Waals surface area contributed by atoms with E-state index in [0.717, 1.165) is 18.5 Å². The second kappa shape index (κ2) is 8.52. The third kappa shape index (κ3) is 5.67. The van der Waals surface area contributed by atoms with Crippen LogP contribution >= 0.6 is 0 Å². The quantitative estimate of drug-likeness (QED) is 0.491. The van der Waals surface area contributed by atoms with Crippen LogP contribution < -0.4 is 0 Å². The first-order valence-corrected chi connectivity index (χ1v) is 9.45. The molecule has 0 atom stereocenters. The van der Waals surface area contributed by atoms with Crippen molar-refractivity contribution in [3.05, 3.63) is 30.1 Å². The number of hydrogen-bond acceptors (Lipinski definition) is 1. The highest BCUT2D eigenvalue weighted by atomic mass is 15.1. The Morgan fingerprint density at radius 1 is 0.913 bits per heavy atom. The lowest BCUT2D eigenvalue weighted by atomic mass is 9.92. The van der Waals surface area contributed by atoms with Gasteiger partial charge in [-0.3, -0.25) is 0 Å². The second-order valence-corrected chi connectivity index (χ2v) is 8.03. The van der Waals surface area contributed by atoms with Crippen LogP contribution in [0.4, 0.5) is 0 Å². The van der Waals surface area contributed by atoms with Gasteiger partial charge in [0.25, 0.3) is 0 Å². The SMILES string of the molecule is CCCCCCCCCn1c(CC(C)(C)C)nc2ccccc21. The van der Waals surface area contributed by atoms with Crippen molar-refractivity contribution in [1.82, 2.24) is 9.55 Å². The van der Waals surface area contributed by atoms with E-state index in [2.05, 4.69) is 56.5 Å². The molecule has 1 heterocycles. The average Bonchev–Trinajstić information content (AvgIpc) is 2.82. The van der Waals surface area contributed by atoms with Gasteiger partial charge in [-0.2, -0.15) is 0 Å². The van der Waals surface area contributed by atoms with Crippen molar-refractivity contribution in [3.8, 4) is 0 Å². The first-order valence-electron chi connectivity index (χ1n) is 9.45. The number of nitrogens with zero attached hydrogens (tertiary/aromatic N) is 2. The number of benzene rings is 1. The van der Waals surface area contributed by atoms with E-state index in [9.17, 15) is 0 Å². The minimum atomic E-state index is 0.277. The molecule has 0 spiro atoms. The summed E-state index contributed by atoms with van der Waals surface area (Å²) in [6, 6.07) is 8.58. The fourth-order valence-electron chi connectivity index (χ4n) is 3.21. The van der Waals surface area contributed by atoms with Crippen LogP contribution in [0, 0.1) is 5.41 Å². The Hall–Kier alpha value is -1.31. The Labute approximate surface area is 142 Å². The maximum atomic E-state index is 4.90. The standard InChI is InChI=1S/C21H34N2/c1-5-6-7-8-9-10-13-16-23-19-15-12-11-14-18(19)22-20(23)17-21(2,3)4/h11-12,14-15H,5-10,13,16-17H2,1-4H3. The van der Waals surface area contributed by atoms with Gasteiger partial charge < -0.3 is 4.57 Å². The van der Waals surface area contributed by atoms with E-state index >= 15 is 0 Å². The summed E-state index contributed by atoms with van der Waals surface area (Å²) in [4.78, 5) is 4.90. The molecule has 0 amide bonds. The monoisotopic (exact) mass is 314 g/mol. The third-order valence-electron chi connectivity index (χ3n) is 4.41. The molecule has 23 heavy (non-hydrogen) atoms. The van der Waals surface area contributed by atoms with Gasteiger partial charge in [-0.25, -0.2) is 4.98 Å². The molecule has 2 heteroatoms. The summed E-state index contributed by atoms with van der Waals surface area (Å²) >= 11 is 0. The van der Waals surface area contributed by atoms with Crippen molar-refractivity contribution < 1.29 is 0 Å². The van der Waals surface area contributed by atoms with Crippen LogP contribution in [0.5, 0.6) is 0 Å². The van der Waals surface area contributed by atoms with Crippen LogP contribution in [-0.2, 0) is 13.0 Å². The molecule has 1 aromatic heterocycles. The van der Waals surface area contributed by atoms with Gasteiger partial charge in [-0.1, -0.05) is 78.4 Å². The lowest BCUT2D eigenvalue weighted by Gasteiger charge is -2.19. The first kappa shape index (κ1) is 18.0. The van der Waals surface area contributed by atoms with Gasteiger partial charge in [-0.05, 0) is 24.0 Å². The molecular weight excluding hydrogens is 280 g/mol. The Bertz CT molecular complexity index is 589. The Balaban J connectivity index is 1.98. The number of aromatic nitrogens is 2. The number of aryl methyl sites for hydroxylation is 1. The van der Waals surface area contributed by atoms with Crippen molar-refractivity contribution in [1.29, 1.82) is 0 Å². The summed E-state index contributed by atoms with van der Waals surface area (Å²) in [6.45, 7) is 10.3. The van der Waals surface area contributed by atoms with Crippen molar-refractivity contribution in [2.45, 2.75) is 85.6 Å². The predicted molar refractivity (Wildman–Crippen MR) is 101 cm³/mol. The minimum absolute atomic E-state index is 0.277. The molecule has 0 radical (unpaired) electrons. The highest BCUT2D eigenvalue weighted by molar-refractivity contribution is 5.75. The summed E-state index contributed by atoms with van der Waals surface area (Å²) in [5.74, 6) is 1.25. The van der Waals surface area contributed by atoms with Gasteiger partial charge in [0.1, 0.15) is 5.82 Å². The first-order chi connectivity index (χ1) is 11.0. The summed E-state index contributed by atoms with van der Waals surface area (Å²) < 4.78 is 2.46. The fraction of sp³-hybridized carbons (Fsp3) is 0.667. The molecule has 2 rings (SSSR count). The maximum Gasteiger partial charge on any atom is 0.110 e. The van der Waals surface area contributed by atoms with Crippen LogP contribution in [0.2, 0.25) is 0 Å². The second-order valence-electron chi connectivity index (χ2n) is 8.03. The largest absolute Gasteiger partial charge is 0.328 e. The van der Waals surface area contributed by atoms with Crippen LogP contribution in [0.3, 0.4) is 0 Å². The van der Waals surface area contributed by atoms with Crippen molar-refractivity contribution >= 4 is 11.0 Å². The summed E-state index contributed by atoms with van der Waals surface area (Å²) in [5.41, 5.74) is 2.73. The number of hydrogen-bond donors (Lipinski definition) is 0. The van der Waals surface area contributed by atoms with E-state index in [4.69, 9.17) is 4.98 Å². The average molecular weight is 315 g/mol. The molecular formula is C21H34N2. The zero-order valence-electron chi connectivity index (χ0n) is 15.6. The van der Waals surface area contributed by atoms with Crippen LogP contribution in [-0.4, -0.2) is 9.55 Å². The van der Waals surface area contributed by atoms with E-state index in [1.807, 2.05) is 0 Å². The zero-order chi connectivity index (χ0) is 16.7. The zero-order valence-corrected chi connectivity index (χ0v) is 15.6. The summed E-state index contributed by atoms with van der Waals surface area (Å²) in [5, 5.41) is 0. The molecule has 0 unspecified atom stereocenters. The normalized spacial score (nSPS) is 12.2. The molecule has 1 aromatic carbocycles. The van der Waals surface area contributed by atoms with Gasteiger partial charge in [0.15, 0.2) is 0 Å². The van der Waals surface area contributed by atoms with Gasteiger partial charge in [0, 0.05) is 13.0 Å². The van der Waals surface area contributed by atoms with E-state index in [1.54, 1.807) is 0 Å².